The molecule has 2 aromatic carbocycles. The molecule has 0 saturated carbocycles. The average Bonchev–Trinajstić information content (AvgIpc) is 3.26. The first-order valence-corrected chi connectivity index (χ1v) is 11.3. The highest BCUT2D eigenvalue weighted by atomic mass is 19.4. The lowest BCUT2D eigenvalue weighted by Crippen LogP contribution is -2.56. The number of halogens is 3. The smallest absolute Gasteiger partial charge is 0.495 e. The molecule has 4 rings (SSSR count). The number of amides is 2. The Hall–Kier alpha value is -4.08. The molecule has 2 amide bonds. The Balaban J connectivity index is 1.47. The number of hydrazine groups is 1. The number of methoxy groups -OCH3 is 1. The zero-order chi connectivity index (χ0) is 26.7. The molecule has 12 heteroatoms. The number of nitriles is 1. The molecule has 2 aromatic rings. The lowest BCUT2D eigenvalue weighted by atomic mass is 10.0. The van der Waals surface area contributed by atoms with E-state index in [2.05, 4.69) is 15.5 Å². The van der Waals surface area contributed by atoms with Crippen molar-refractivity contribution in [3.8, 4) is 11.8 Å². The summed E-state index contributed by atoms with van der Waals surface area (Å²) in [5.74, 6) is -0.370. The number of rotatable bonds is 7. The standard InChI is InChI=1S/C25H24F3N5O4/c1-15-14-32-22(20(13-30-32)31-23(34)17-5-8-21(36-2)18(11-17)12-29)24(35)33(15)19-6-3-16(4-7-19)9-10-37-25(26,27)28/h3-8,11,14,20,22,30H,9-10,13H2,1-2H3,(H,31,34). The van der Waals surface area contributed by atoms with E-state index in [1.807, 2.05) is 6.07 Å². The van der Waals surface area contributed by atoms with Crippen LogP contribution in [0.2, 0.25) is 0 Å². The second kappa shape index (κ2) is 10.5. The summed E-state index contributed by atoms with van der Waals surface area (Å²) in [6.45, 7) is 1.56. The van der Waals surface area contributed by atoms with Crippen LogP contribution in [-0.2, 0) is 16.0 Å². The van der Waals surface area contributed by atoms with Gasteiger partial charge in [0.25, 0.3) is 11.8 Å². The van der Waals surface area contributed by atoms with Crippen molar-refractivity contribution in [3.05, 3.63) is 71.1 Å². The van der Waals surface area contributed by atoms with E-state index in [1.54, 1.807) is 42.4 Å². The van der Waals surface area contributed by atoms with E-state index in [1.165, 1.54) is 30.2 Å². The largest absolute Gasteiger partial charge is 0.522 e. The number of benzene rings is 2. The van der Waals surface area contributed by atoms with Crippen LogP contribution in [0.3, 0.4) is 0 Å². The number of hydrogen-bond acceptors (Lipinski definition) is 7. The molecule has 2 aliphatic rings. The SMILES string of the molecule is COc1ccc(C(=O)NC2CNN3C=C(C)N(c4ccc(CCOC(F)(F)F)cc4)C(=O)C23)cc1C#N. The van der Waals surface area contributed by atoms with Crippen LogP contribution in [0.4, 0.5) is 18.9 Å². The summed E-state index contributed by atoms with van der Waals surface area (Å²) in [5, 5.41) is 13.8. The van der Waals surface area contributed by atoms with Gasteiger partial charge in [0, 0.05) is 29.7 Å². The maximum atomic E-state index is 13.5. The first-order valence-electron chi connectivity index (χ1n) is 11.3. The van der Waals surface area contributed by atoms with Gasteiger partial charge in [-0.05, 0) is 49.2 Å². The molecule has 0 bridgehead atoms. The predicted octanol–water partition coefficient (Wildman–Crippen LogP) is 2.84. The van der Waals surface area contributed by atoms with Crippen LogP contribution in [0.25, 0.3) is 0 Å². The van der Waals surface area contributed by atoms with Crippen molar-refractivity contribution in [2.45, 2.75) is 31.8 Å². The zero-order valence-electron chi connectivity index (χ0n) is 20.0. The van der Waals surface area contributed by atoms with E-state index < -0.39 is 31.0 Å². The number of carbonyl (C=O) groups is 2. The molecular weight excluding hydrogens is 491 g/mol. The third kappa shape index (κ3) is 5.68. The summed E-state index contributed by atoms with van der Waals surface area (Å²) >= 11 is 0. The first kappa shape index (κ1) is 26.0. The van der Waals surface area contributed by atoms with E-state index >= 15 is 0 Å². The minimum Gasteiger partial charge on any atom is -0.495 e. The fraction of sp³-hybridized carbons (Fsp3) is 0.320. The molecule has 1 fully saturated rings. The van der Waals surface area contributed by atoms with Gasteiger partial charge in [0.2, 0.25) is 0 Å². The topological polar surface area (TPSA) is 107 Å². The number of nitrogens with one attached hydrogen (secondary N) is 2. The number of alkyl halides is 3. The Labute approximate surface area is 211 Å². The van der Waals surface area contributed by atoms with Crippen LogP contribution < -0.4 is 20.4 Å². The van der Waals surface area contributed by atoms with Crippen molar-refractivity contribution >= 4 is 17.5 Å². The lowest BCUT2D eigenvalue weighted by molar-refractivity contribution is -0.324. The van der Waals surface area contributed by atoms with Gasteiger partial charge in [0.15, 0.2) is 0 Å². The minimum absolute atomic E-state index is 0.0653. The van der Waals surface area contributed by atoms with Crippen LogP contribution >= 0.6 is 0 Å². The van der Waals surface area contributed by atoms with Crippen LogP contribution in [0, 0.1) is 11.3 Å². The summed E-state index contributed by atoms with van der Waals surface area (Å²) in [4.78, 5) is 28.0. The number of hydrogen-bond donors (Lipinski definition) is 2. The molecule has 0 aromatic heterocycles. The zero-order valence-corrected chi connectivity index (χ0v) is 20.0. The van der Waals surface area contributed by atoms with Crippen molar-refractivity contribution in [2.75, 3.05) is 25.2 Å². The molecule has 194 valence electrons. The van der Waals surface area contributed by atoms with Crippen LogP contribution in [-0.4, -0.2) is 55.5 Å². The Morgan fingerprint density at radius 2 is 1.97 bits per heavy atom. The van der Waals surface area contributed by atoms with Crippen LogP contribution in [0.1, 0.15) is 28.4 Å². The molecular formula is C25H24F3N5O4. The summed E-state index contributed by atoms with van der Waals surface area (Å²) < 4.78 is 45.5. The molecule has 0 spiro atoms. The van der Waals surface area contributed by atoms with Crippen molar-refractivity contribution in [2.24, 2.45) is 0 Å². The Morgan fingerprint density at radius 3 is 2.62 bits per heavy atom. The maximum absolute atomic E-state index is 13.5. The van der Waals surface area contributed by atoms with Gasteiger partial charge < -0.3 is 10.1 Å². The number of ether oxygens (including phenoxy) is 2. The van der Waals surface area contributed by atoms with Gasteiger partial charge in [-0.2, -0.15) is 5.26 Å². The number of fused-ring (bicyclic) bond motifs is 1. The van der Waals surface area contributed by atoms with Crippen molar-refractivity contribution in [3.63, 3.8) is 0 Å². The molecule has 37 heavy (non-hydrogen) atoms. The van der Waals surface area contributed by atoms with Gasteiger partial charge in [-0.3, -0.25) is 24.2 Å². The van der Waals surface area contributed by atoms with Crippen LogP contribution in [0.5, 0.6) is 5.75 Å². The number of carbonyl (C=O) groups excluding carboxylic acids is 2. The highest BCUT2D eigenvalue weighted by Gasteiger charge is 2.45. The summed E-state index contributed by atoms with van der Waals surface area (Å²) in [6, 6.07) is 11.8. The molecule has 2 unspecified atom stereocenters. The van der Waals surface area contributed by atoms with Crippen molar-refractivity contribution in [1.82, 2.24) is 15.8 Å². The predicted molar refractivity (Wildman–Crippen MR) is 126 cm³/mol. The van der Waals surface area contributed by atoms with Crippen molar-refractivity contribution in [1.29, 1.82) is 5.26 Å². The van der Waals surface area contributed by atoms with Gasteiger partial charge in [-0.25, -0.2) is 5.43 Å². The fourth-order valence-corrected chi connectivity index (χ4v) is 4.34. The molecule has 1 saturated heterocycles. The van der Waals surface area contributed by atoms with Crippen LogP contribution in [0.15, 0.2) is 54.4 Å². The molecule has 0 radical (unpaired) electrons. The molecule has 0 aliphatic carbocycles. The molecule has 2 N–H and O–H groups in total. The van der Waals surface area contributed by atoms with Gasteiger partial charge in [0.1, 0.15) is 17.9 Å². The number of allylic oxidation sites excluding steroid dienone is 1. The Morgan fingerprint density at radius 1 is 1.24 bits per heavy atom. The number of nitrogens with zero attached hydrogens (tertiary/aromatic N) is 3. The minimum atomic E-state index is -4.68. The van der Waals surface area contributed by atoms with E-state index in [4.69, 9.17) is 4.74 Å². The molecule has 2 atom stereocenters. The monoisotopic (exact) mass is 515 g/mol. The lowest BCUT2D eigenvalue weighted by Gasteiger charge is -2.37. The molecule has 9 nitrogen and oxygen atoms in total. The Kier molecular flexibility index (Phi) is 7.37. The molecule has 2 aliphatic heterocycles. The highest BCUT2D eigenvalue weighted by molar-refractivity contribution is 6.02. The van der Waals surface area contributed by atoms with Crippen molar-refractivity contribution < 1.29 is 32.2 Å². The third-order valence-electron chi connectivity index (χ3n) is 6.08. The van der Waals surface area contributed by atoms with E-state index in [0.29, 0.717) is 29.2 Å². The second-order valence-electron chi connectivity index (χ2n) is 8.48. The average molecular weight is 515 g/mol. The normalized spacial score (nSPS) is 19.2. The third-order valence-corrected chi connectivity index (χ3v) is 6.08. The number of anilines is 1. The fourth-order valence-electron chi connectivity index (χ4n) is 4.34. The van der Waals surface area contributed by atoms with Gasteiger partial charge in [-0.1, -0.05) is 12.1 Å². The maximum Gasteiger partial charge on any atom is 0.522 e. The van der Waals surface area contributed by atoms with E-state index in [9.17, 15) is 28.0 Å². The summed E-state index contributed by atoms with van der Waals surface area (Å²) in [7, 11) is 1.43. The van der Waals surface area contributed by atoms with Gasteiger partial charge >= 0.3 is 6.36 Å². The Bertz CT molecular complexity index is 1260. The van der Waals surface area contributed by atoms with Gasteiger partial charge in [-0.15, -0.1) is 13.2 Å². The summed E-state index contributed by atoms with van der Waals surface area (Å²) in [5.41, 5.74) is 5.38. The molecule has 2 heterocycles. The van der Waals surface area contributed by atoms with E-state index in [0.717, 1.165) is 0 Å². The second-order valence-corrected chi connectivity index (χ2v) is 8.48. The quantitative estimate of drug-likeness (QED) is 0.584. The van der Waals surface area contributed by atoms with E-state index in [-0.39, 0.29) is 23.5 Å². The van der Waals surface area contributed by atoms with Gasteiger partial charge in [0.05, 0.1) is 25.3 Å². The highest BCUT2D eigenvalue weighted by Crippen LogP contribution is 2.29. The first-order chi connectivity index (χ1) is 17.6. The summed E-state index contributed by atoms with van der Waals surface area (Å²) in [6.07, 6.45) is -2.86.